The molecule has 0 radical (unpaired) electrons. The Bertz CT molecular complexity index is 817. The van der Waals surface area contributed by atoms with Crippen molar-refractivity contribution in [3.63, 3.8) is 0 Å². The second-order valence-electron chi connectivity index (χ2n) is 6.06. The lowest BCUT2D eigenvalue weighted by Crippen LogP contribution is -2.52. The quantitative estimate of drug-likeness (QED) is 0.133. The van der Waals surface area contributed by atoms with Crippen molar-refractivity contribution < 1.29 is 26.4 Å². The van der Waals surface area contributed by atoms with Crippen LogP contribution in [0.15, 0.2) is 24.3 Å². The van der Waals surface area contributed by atoms with E-state index in [0.29, 0.717) is 37.1 Å². The molecule has 0 heterocycles. The van der Waals surface area contributed by atoms with Crippen LogP contribution in [0.3, 0.4) is 0 Å². The number of thiol groups is 2. The highest BCUT2D eigenvalue weighted by molar-refractivity contribution is 7.73. The first kappa shape index (κ1) is 21.9. The van der Waals surface area contributed by atoms with Gasteiger partial charge < -0.3 is 0 Å². The molecule has 14 heteroatoms. The lowest BCUT2D eigenvalue weighted by atomic mass is 9.92. The van der Waals surface area contributed by atoms with E-state index >= 15 is 0 Å². The van der Waals surface area contributed by atoms with Crippen molar-refractivity contribution in [3.8, 4) is 0 Å². The summed E-state index contributed by atoms with van der Waals surface area (Å²) >= 11 is 0. The van der Waals surface area contributed by atoms with Gasteiger partial charge in [-0.05, 0) is 49.9 Å². The van der Waals surface area contributed by atoms with Crippen LogP contribution >= 0.6 is 0 Å². The van der Waals surface area contributed by atoms with E-state index in [0.717, 1.165) is 0 Å². The molecule has 1 aromatic carbocycles. The Morgan fingerprint density at radius 2 is 1.29 bits per heavy atom. The van der Waals surface area contributed by atoms with Gasteiger partial charge in [-0.2, -0.15) is 0 Å². The number of anilines is 2. The van der Waals surface area contributed by atoms with Gasteiger partial charge in [-0.15, -0.1) is 0 Å². The molecule has 1 fully saturated rings. The molecule has 1 aromatic rings. The molecular formula is C14H22N6O6S2. The predicted octanol–water partition coefficient (Wildman–Crippen LogP) is -1.88. The minimum atomic E-state index is -2.76. The molecule has 1 aliphatic rings. The summed E-state index contributed by atoms with van der Waals surface area (Å²) in [5.74, 6) is -1.81. The highest BCUT2D eigenvalue weighted by atomic mass is 32.2. The average molecular weight is 435 g/mol. The summed E-state index contributed by atoms with van der Waals surface area (Å²) < 4.78 is 47.1. The molecule has 0 aromatic heterocycles. The first-order valence-corrected chi connectivity index (χ1v) is 10.7. The van der Waals surface area contributed by atoms with Crippen LogP contribution in [0.1, 0.15) is 25.7 Å². The number of carbonyl (C=O) groups excluding carboxylic acids is 2. The van der Waals surface area contributed by atoms with Crippen molar-refractivity contribution >= 4 is 45.0 Å². The van der Waals surface area contributed by atoms with E-state index in [9.17, 15) is 26.4 Å². The lowest BCUT2D eigenvalue weighted by Gasteiger charge is -2.28. The summed E-state index contributed by atoms with van der Waals surface area (Å²) in [7, 11) is -5.38. The predicted molar refractivity (Wildman–Crippen MR) is 103 cm³/mol. The van der Waals surface area contributed by atoms with Crippen LogP contribution in [0.2, 0.25) is 0 Å². The molecule has 12 nitrogen and oxygen atoms in total. The van der Waals surface area contributed by atoms with Crippen LogP contribution in [0.4, 0.5) is 11.4 Å². The average Bonchev–Trinajstić information content (AvgIpc) is 2.65. The fraction of sp³-hybridized carbons (Fsp3) is 0.429. The first-order valence-electron chi connectivity index (χ1n) is 8.37. The maximum Gasteiger partial charge on any atom is 0.328 e. The van der Waals surface area contributed by atoms with Crippen molar-refractivity contribution in [2.24, 2.45) is 0 Å². The van der Waals surface area contributed by atoms with Gasteiger partial charge in [-0.25, -0.2) is 27.0 Å². The number of benzene rings is 1. The third kappa shape index (κ3) is 7.67. The monoisotopic (exact) mass is 434 g/mol. The third-order valence-corrected chi connectivity index (χ3v) is 5.05. The molecule has 156 valence electrons. The van der Waals surface area contributed by atoms with E-state index in [4.69, 9.17) is 0 Å². The van der Waals surface area contributed by atoms with Crippen LogP contribution < -0.4 is 31.1 Å². The number of amides is 2. The van der Waals surface area contributed by atoms with Crippen molar-refractivity contribution in [3.05, 3.63) is 24.3 Å². The molecule has 0 aliphatic heterocycles. The minimum Gasteiger partial charge on any atom is -0.298 e. The van der Waals surface area contributed by atoms with Gasteiger partial charge in [0.1, 0.15) is 0 Å². The number of nitrogens with one attached hydrogen (secondary N) is 6. The van der Waals surface area contributed by atoms with Crippen molar-refractivity contribution in [1.82, 2.24) is 21.0 Å². The molecule has 0 bridgehead atoms. The maximum atomic E-state index is 11.8. The summed E-state index contributed by atoms with van der Waals surface area (Å²) in [6.07, 6.45) is 2.57. The van der Waals surface area contributed by atoms with Crippen molar-refractivity contribution in [2.75, 3.05) is 10.1 Å². The molecule has 2 rings (SSSR count). The van der Waals surface area contributed by atoms with Crippen molar-refractivity contribution in [1.29, 1.82) is 0 Å². The topological polar surface area (TPSA) is 175 Å². The van der Waals surface area contributed by atoms with Gasteiger partial charge in [0.2, 0.25) is 21.8 Å². The lowest BCUT2D eigenvalue weighted by molar-refractivity contribution is -0.139. The molecule has 0 saturated heterocycles. The summed E-state index contributed by atoms with van der Waals surface area (Å²) in [5.41, 5.74) is 10.6. The standard InChI is InChI=1S/C14H22N6O6S2/c21-13(17-15-9-1-5-11(6-2-9)19-27(23)24)14(22)18-16-10-3-7-12(8-4-10)20-28(25)26/h1-2,5-6,10,12,15-16,27-28H,3-4,7-8H2,(H,17,21)(H,18,22)(H,19,23,24)(H,20,25,26). The normalized spacial score (nSPS) is 19.2. The number of hydrogen-bond acceptors (Lipinski definition) is 8. The van der Waals surface area contributed by atoms with E-state index in [-0.39, 0.29) is 12.1 Å². The van der Waals surface area contributed by atoms with Crippen LogP contribution in [-0.2, 0) is 31.4 Å². The molecule has 2 amide bonds. The summed E-state index contributed by atoms with van der Waals surface area (Å²) in [6.45, 7) is 0. The number of hydrazine groups is 2. The Morgan fingerprint density at radius 1 is 0.750 bits per heavy atom. The molecule has 1 aliphatic carbocycles. The fourth-order valence-electron chi connectivity index (χ4n) is 2.66. The molecule has 6 N–H and O–H groups in total. The fourth-order valence-corrected chi connectivity index (χ4v) is 3.58. The highest BCUT2D eigenvalue weighted by Crippen LogP contribution is 2.18. The molecule has 0 atom stereocenters. The summed E-state index contributed by atoms with van der Waals surface area (Å²) in [5, 5.41) is 0. The SMILES string of the molecule is O=C(NNc1ccc(N[SH](=O)=O)cc1)C(=O)NNC1CCC(N[SH](=O)=O)CC1. The maximum absolute atomic E-state index is 11.8. The van der Waals surface area contributed by atoms with Gasteiger partial charge in [0, 0.05) is 17.8 Å². The van der Waals surface area contributed by atoms with Crippen molar-refractivity contribution in [2.45, 2.75) is 37.8 Å². The third-order valence-electron chi connectivity index (χ3n) is 4.04. The van der Waals surface area contributed by atoms with E-state index in [1.807, 2.05) is 0 Å². The number of rotatable bonds is 8. The zero-order valence-corrected chi connectivity index (χ0v) is 16.4. The van der Waals surface area contributed by atoms with Crippen LogP contribution in [0.5, 0.6) is 0 Å². The Hall–Kier alpha value is -2.42. The Labute approximate surface area is 164 Å². The molecule has 0 unspecified atom stereocenters. The van der Waals surface area contributed by atoms with Gasteiger partial charge in [0.25, 0.3) is 0 Å². The molecule has 1 saturated carbocycles. The second kappa shape index (κ2) is 10.8. The number of carbonyl (C=O) groups is 2. The minimum absolute atomic E-state index is 0.0557. The summed E-state index contributed by atoms with van der Waals surface area (Å²) in [4.78, 5) is 23.6. The Balaban J connectivity index is 1.68. The van der Waals surface area contributed by atoms with E-state index in [2.05, 4.69) is 31.1 Å². The van der Waals surface area contributed by atoms with Crippen LogP contribution in [0.25, 0.3) is 0 Å². The Morgan fingerprint density at radius 3 is 1.86 bits per heavy atom. The highest BCUT2D eigenvalue weighted by Gasteiger charge is 2.22. The van der Waals surface area contributed by atoms with Gasteiger partial charge >= 0.3 is 11.8 Å². The van der Waals surface area contributed by atoms with Gasteiger partial charge in [-0.3, -0.25) is 30.6 Å². The molecular weight excluding hydrogens is 412 g/mol. The van der Waals surface area contributed by atoms with E-state index in [1.54, 1.807) is 0 Å². The second-order valence-corrected chi connectivity index (χ2v) is 7.57. The van der Waals surface area contributed by atoms with Gasteiger partial charge in [-0.1, -0.05) is 0 Å². The van der Waals surface area contributed by atoms with Gasteiger partial charge in [0.15, 0.2) is 0 Å². The smallest absolute Gasteiger partial charge is 0.298 e. The molecule has 0 spiro atoms. The molecule has 28 heavy (non-hydrogen) atoms. The van der Waals surface area contributed by atoms with E-state index in [1.165, 1.54) is 24.3 Å². The van der Waals surface area contributed by atoms with Gasteiger partial charge in [0.05, 0.1) is 5.69 Å². The number of hydrogen-bond donors (Lipinski definition) is 8. The van der Waals surface area contributed by atoms with E-state index < -0.39 is 33.6 Å². The summed E-state index contributed by atoms with van der Waals surface area (Å²) in [6, 6.07) is 5.84. The van der Waals surface area contributed by atoms with Crippen LogP contribution in [0, 0.1) is 0 Å². The zero-order chi connectivity index (χ0) is 20.5. The first-order chi connectivity index (χ1) is 13.3. The zero-order valence-electron chi connectivity index (χ0n) is 14.6. The Kier molecular flexibility index (Phi) is 8.43. The largest absolute Gasteiger partial charge is 0.328 e. The van der Waals surface area contributed by atoms with Crippen LogP contribution in [-0.4, -0.2) is 40.7 Å².